The van der Waals surface area contributed by atoms with Crippen LogP contribution in [0.1, 0.15) is 51.2 Å². The lowest BCUT2D eigenvalue weighted by Crippen LogP contribution is -2.46. The summed E-state index contributed by atoms with van der Waals surface area (Å²) in [6.07, 6.45) is 10.3. The molecule has 9 heteroatoms. The second kappa shape index (κ2) is 8.98. The van der Waals surface area contributed by atoms with E-state index < -0.39 is 0 Å². The molecule has 0 atom stereocenters. The minimum absolute atomic E-state index is 0.0150. The summed E-state index contributed by atoms with van der Waals surface area (Å²) in [5.74, 6) is -0.402. The van der Waals surface area contributed by atoms with Crippen LogP contribution in [0.4, 0.5) is 5.69 Å². The van der Waals surface area contributed by atoms with E-state index >= 15 is 0 Å². The van der Waals surface area contributed by atoms with E-state index in [2.05, 4.69) is 27.2 Å². The molecule has 1 saturated heterocycles. The van der Waals surface area contributed by atoms with Crippen LogP contribution in [-0.2, 0) is 17.6 Å². The maximum absolute atomic E-state index is 13.3. The molecule has 1 fully saturated rings. The third-order valence-electron chi connectivity index (χ3n) is 7.48. The summed E-state index contributed by atoms with van der Waals surface area (Å²) in [6.45, 7) is 2.28. The number of hydrogen-bond donors (Lipinski definition) is 2. The van der Waals surface area contributed by atoms with Crippen molar-refractivity contribution < 1.29 is 14.4 Å². The zero-order chi connectivity index (χ0) is 24.8. The van der Waals surface area contributed by atoms with Crippen LogP contribution in [0.25, 0.3) is 0 Å². The van der Waals surface area contributed by atoms with Crippen molar-refractivity contribution in [1.82, 2.24) is 19.8 Å². The molecule has 1 aromatic carbocycles. The molecule has 9 nitrogen and oxygen atoms in total. The fourth-order valence-corrected chi connectivity index (χ4v) is 5.52. The standard InChI is InChI=1S/C27H28N6O3/c1-32-9-6-18(7-10-32)33-26(35)19-11-16-12-23(31-22(16)13-20(19)27(33)36)25-21(3-2-4-24(25)34)29-8-5-17-14-28-15-30-17/h2-3,11,13-15,18,31H,4-10,12H2,1H3,(H,28,30). The summed E-state index contributed by atoms with van der Waals surface area (Å²) in [4.78, 5) is 54.9. The highest BCUT2D eigenvalue weighted by atomic mass is 16.2. The number of anilines is 1. The van der Waals surface area contributed by atoms with Gasteiger partial charge >= 0.3 is 0 Å². The predicted molar refractivity (Wildman–Crippen MR) is 135 cm³/mol. The van der Waals surface area contributed by atoms with Crippen molar-refractivity contribution in [3.63, 3.8) is 0 Å². The highest BCUT2D eigenvalue weighted by molar-refractivity contribution is 6.29. The molecule has 0 radical (unpaired) electrons. The molecule has 1 aromatic heterocycles. The predicted octanol–water partition coefficient (Wildman–Crippen LogP) is 2.53. The van der Waals surface area contributed by atoms with E-state index in [0.717, 1.165) is 48.6 Å². The Bertz CT molecular complexity index is 1300. The number of nitrogens with one attached hydrogen (secondary N) is 2. The van der Waals surface area contributed by atoms with Crippen molar-refractivity contribution in [2.45, 2.75) is 38.1 Å². The van der Waals surface area contributed by atoms with E-state index in [4.69, 9.17) is 4.99 Å². The zero-order valence-electron chi connectivity index (χ0n) is 20.2. The maximum Gasteiger partial charge on any atom is 0.261 e. The largest absolute Gasteiger partial charge is 0.358 e. The van der Waals surface area contributed by atoms with Crippen molar-refractivity contribution in [3.05, 3.63) is 70.5 Å². The number of allylic oxidation sites excluding steroid dienone is 4. The summed E-state index contributed by atoms with van der Waals surface area (Å²) in [6, 6.07) is 3.56. The van der Waals surface area contributed by atoms with Crippen LogP contribution in [-0.4, -0.2) is 75.8 Å². The number of amides is 2. The maximum atomic E-state index is 13.3. The number of carbonyl (C=O) groups excluding carboxylic acids is 3. The fourth-order valence-electron chi connectivity index (χ4n) is 5.52. The topological polar surface area (TPSA) is 111 Å². The summed E-state index contributed by atoms with van der Waals surface area (Å²) >= 11 is 0. The van der Waals surface area contributed by atoms with Gasteiger partial charge < -0.3 is 15.2 Å². The van der Waals surface area contributed by atoms with Crippen LogP contribution in [0.3, 0.4) is 0 Å². The Hall–Kier alpha value is -3.85. The first-order valence-electron chi connectivity index (χ1n) is 12.4. The summed E-state index contributed by atoms with van der Waals surface area (Å²) in [7, 11) is 2.06. The number of likely N-dealkylation sites (tertiary alicyclic amines) is 1. The van der Waals surface area contributed by atoms with Crippen LogP contribution in [0.2, 0.25) is 0 Å². The van der Waals surface area contributed by atoms with E-state index in [1.165, 1.54) is 4.90 Å². The van der Waals surface area contributed by atoms with Crippen molar-refractivity contribution in [1.29, 1.82) is 0 Å². The Kier molecular flexibility index (Phi) is 5.64. The number of carbonyl (C=O) groups is 3. The molecule has 0 bridgehead atoms. The molecular formula is C27H28N6O3. The van der Waals surface area contributed by atoms with E-state index in [0.29, 0.717) is 48.2 Å². The van der Waals surface area contributed by atoms with Gasteiger partial charge in [-0.25, -0.2) is 4.98 Å². The molecule has 2 amide bonds. The molecule has 3 aliphatic heterocycles. The number of aliphatic imine (C=N–C) groups is 1. The number of aromatic nitrogens is 2. The van der Waals surface area contributed by atoms with Crippen LogP contribution in [0.15, 0.2) is 53.1 Å². The van der Waals surface area contributed by atoms with E-state index in [9.17, 15) is 14.4 Å². The first-order chi connectivity index (χ1) is 17.5. The van der Waals surface area contributed by atoms with Gasteiger partial charge in [0.25, 0.3) is 11.8 Å². The van der Waals surface area contributed by atoms with Gasteiger partial charge in [-0.1, -0.05) is 6.08 Å². The number of Topliss-reactive ketones (excluding diaryl/α,β-unsaturated/α-hetero) is 1. The third kappa shape index (κ3) is 3.89. The number of imidazole rings is 1. The van der Waals surface area contributed by atoms with Gasteiger partial charge in [0.05, 0.1) is 28.7 Å². The number of H-pyrrole nitrogens is 1. The average Bonchev–Trinajstić information content (AvgIpc) is 3.58. The molecule has 2 N–H and O–H groups in total. The molecule has 6 rings (SSSR count). The molecule has 0 saturated carbocycles. The minimum atomic E-state index is -0.215. The molecule has 2 aromatic rings. The SMILES string of the molecule is CN1CCC(N2C(=O)c3cc4c(cc3C2=O)NC(=C2C(=O)CC=CC2=NCCc2cnc[nH]2)C4)CC1. The van der Waals surface area contributed by atoms with E-state index in [-0.39, 0.29) is 23.6 Å². The van der Waals surface area contributed by atoms with Crippen LogP contribution in [0, 0.1) is 0 Å². The first-order valence-corrected chi connectivity index (χ1v) is 12.4. The normalized spacial score (nSPS) is 23.5. The fraction of sp³-hybridized carbons (Fsp3) is 0.370. The second-order valence-electron chi connectivity index (χ2n) is 9.85. The smallest absolute Gasteiger partial charge is 0.261 e. The van der Waals surface area contributed by atoms with Gasteiger partial charge in [-0.3, -0.25) is 24.3 Å². The van der Waals surface area contributed by atoms with Crippen molar-refractivity contribution in [3.8, 4) is 0 Å². The van der Waals surface area contributed by atoms with Gasteiger partial charge in [-0.15, -0.1) is 0 Å². The number of nitrogens with zero attached hydrogens (tertiary/aromatic N) is 4. The summed E-state index contributed by atoms with van der Waals surface area (Å²) in [5, 5.41) is 3.37. The average molecular weight is 485 g/mol. The summed E-state index contributed by atoms with van der Waals surface area (Å²) in [5.41, 5.74) is 5.62. The number of rotatable bonds is 4. The highest BCUT2D eigenvalue weighted by Gasteiger charge is 2.42. The lowest BCUT2D eigenvalue weighted by Gasteiger charge is -2.33. The molecular weight excluding hydrogens is 456 g/mol. The molecule has 0 spiro atoms. The Balaban J connectivity index is 1.26. The van der Waals surface area contributed by atoms with Crippen molar-refractivity contribution in [2.75, 3.05) is 32.0 Å². The van der Waals surface area contributed by atoms with Crippen LogP contribution < -0.4 is 5.32 Å². The zero-order valence-corrected chi connectivity index (χ0v) is 20.2. The van der Waals surface area contributed by atoms with Crippen LogP contribution in [0.5, 0.6) is 0 Å². The van der Waals surface area contributed by atoms with Crippen molar-refractivity contribution >= 4 is 29.0 Å². The first kappa shape index (κ1) is 22.6. The number of ketones is 1. The minimum Gasteiger partial charge on any atom is -0.358 e. The highest BCUT2D eigenvalue weighted by Crippen LogP contribution is 2.37. The van der Waals surface area contributed by atoms with Crippen LogP contribution >= 0.6 is 0 Å². The Morgan fingerprint density at radius 3 is 2.64 bits per heavy atom. The monoisotopic (exact) mass is 484 g/mol. The Labute approximate surface area is 209 Å². The van der Waals surface area contributed by atoms with Gasteiger partial charge in [0.2, 0.25) is 0 Å². The Morgan fingerprint density at radius 1 is 1.11 bits per heavy atom. The van der Waals surface area contributed by atoms with E-state index in [1.807, 2.05) is 18.2 Å². The van der Waals surface area contributed by atoms with Crippen molar-refractivity contribution in [2.24, 2.45) is 4.99 Å². The number of aromatic amines is 1. The number of piperidine rings is 1. The number of hydrogen-bond acceptors (Lipinski definition) is 7. The number of benzene rings is 1. The van der Waals surface area contributed by atoms with Gasteiger partial charge in [0.15, 0.2) is 5.78 Å². The Morgan fingerprint density at radius 2 is 1.89 bits per heavy atom. The lowest BCUT2D eigenvalue weighted by atomic mass is 9.94. The van der Waals surface area contributed by atoms with Gasteiger partial charge in [-0.05, 0) is 56.8 Å². The third-order valence-corrected chi connectivity index (χ3v) is 7.48. The molecule has 4 aliphatic rings. The quantitative estimate of drug-likeness (QED) is 0.510. The summed E-state index contributed by atoms with van der Waals surface area (Å²) < 4.78 is 0. The van der Waals surface area contributed by atoms with Gasteiger partial charge in [0, 0.05) is 55.1 Å². The van der Waals surface area contributed by atoms with Gasteiger partial charge in [0.1, 0.15) is 0 Å². The molecule has 1 aliphatic carbocycles. The molecule has 0 unspecified atom stereocenters. The number of fused-ring (bicyclic) bond motifs is 2. The van der Waals surface area contributed by atoms with E-state index in [1.54, 1.807) is 18.6 Å². The number of imide groups is 1. The van der Waals surface area contributed by atoms with Gasteiger partial charge in [-0.2, -0.15) is 0 Å². The molecule has 4 heterocycles. The molecule has 36 heavy (non-hydrogen) atoms. The molecule has 184 valence electrons. The second-order valence-corrected chi connectivity index (χ2v) is 9.85. The lowest BCUT2D eigenvalue weighted by molar-refractivity contribution is -0.114.